The third-order valence-electron chi connectivity index (χ3n) is 1.62. The number of allylic oxidation sites excluding steroid dienone is 1. The summed E-state index contributed by atoms with van der Waals surface area (Å²) in [5.74, 6) is 0.556. The van der Waals surface area contributed by atoms with Crippen molar-refractivity contribution in [1.82, 2.24) is 11.1 Å². The van der Waals surface area contributed by atoms with Gasteiger partial charge in [-0.2, -0.15) is 0 Å². The smallest absolute Gasteiger partial charge is 0.0701 e. The van der Waals surface area contributed by atoms with Crippen molar-refractivity contribution in [2.45, 2.75) is 0 Å². The van der Waals surface area contributed by atoms with Gasteiger partial charge in [0, 0.05) is 17.5 Å². The molecular formula is C12H15ClN2. The number of aromatic nitrogens is 1. The molecule has 3 N–H and O–H groups in total. The summed E-state index contributed by atoms with van der Waals surface area (Å²) in [5, 5.41) is 1.20. The number of hydrogen-bond donors (Lipinski definition) is 1. The average Bonchev–Trinajstić information content (AvgIpc) is 2.30. The summed E-state index contributed by atoms with van der Waals surface area (Å²) in [6.45, 7) is 3.35. The molecule has 0 bridgehead atoms. The molecule has 0 unspecified atom stereocenters. The second-order valence-electron chi connectivity index (χ2n) is 2.64. The first-order valence-electron chi connectivity index (χ1n) is 4.35. The summed E-state index contributed by atoms with van der Waals surface area (Å²) >= 11 is 5.07. The van der Waals surface area contributed by atoms with Crippen LogP contribution < -0.4 is 6.15 Å². The van der Waals surface area contributed by atoms with Crippen molar-refractivity contribution >= 4 is 22.5 Å². The van der Waals surface area contributed by atoms with Gasteiger partial charge in [0.2, 0.25) is 0 Å². The number of pyridine rings is 1. The monoisotopic (exact) mass is 222 g/mol. The maximum Gasteiger partial charge on any atom is 0.0701 e. The zero-order chi connectivity index (χ0) is 10.2. The van der Waals surface area contributed by atoms with E-state index in [-0.39, 0.29) is 6.15 Å². The standard InChI is InChI=1S/C9H7N.C3H5Cl.H3N/c1-2-6-9-8(4-1)5-3-7-10-9;1-2-3-4;/h1-7H;2H,1,3H2;1H3. The fourth-order valence-corrected chi connectivity index (χ4v) is 1.02. The van der Waals surface area contributed by atoms with Crippen molar-refractivity contribution in [3.05, 3.63) is 55.3 Å². The van der Waals surface area contributed by atoms with Crippen LogP contribution in [0.1, 0.15) is 0 Å². The first kappa shape index (κ1) is 13.6. The Kier molecular flexibility index (Phi) is 7.24. The molecule has 0 amide bonds. The number of nitrogens with zero attached hydrogens (tertiary/aromatic N) is 1. The van der Waals surface area contributed by atoms with Gasteiger partial charge >= 0.3 is 0 Å². The van der Waals surface area contributed by atoms with E-state index in [1.54, 1.807) is 6.08 Å². The minimum Gasteiger partial charge on any atom is -0.344 e. The predicted molar refractivity (Wildman–Crippen MR) is 67.7 cm³/mol. The number of hydrogen-bond acceptors (Lipinski definition) is 2. The highest BCUT2D eigenvalue weighted by atomic mass is 35.5. The van der Waals surface area contributed by atoms with Gasteiger partial charge in [0.05, 0.1) is 5.52 Å². The van der Waals surface area contributed by atoms with E-state index < -0.39 is 0 Å². The second-order valence-corrected chi connectivity index (χ2v) is 2.95. The summed E-state index contributed by atoms with van der Waals surface area (Å²) < 4.78 is 0. The molecule has 2 aromatic rings. The maximum absolute atomic E-state index is 5.07. The summed E-state index contributed by atoms with van der Waals surface area (Å²) in [5.41, 5.74) is 1.06. The Hall–Kier alpha value is -1.38. The van der Waals surface area contributed by atoms with Crippen LogP contribution in [0.2, 0.25) is 0 Å². The minimum absolute atomic E-state index is 0. The molecule has 0 saturated heterocycles. The van der Waals surface area contributed by atoms with E-state index in [0.717, 1.165) is 5.52 Å². The van der Waals surface area contributed by atoms with E-state index in [4.69, 9.17) is 11.6 Å². The Balaban J connectivity index is 0.000000346. The average molecular weight is 223 g/mol. The molecule has 0 spiro atoms. The molecule has 0 aliphatic rings. The van der Waals surface area contributed by atoms with Crippen molar-refractivity contribution < 1.29 is 0 Å². The molecule has 80 valence electrons. The summed E-state index contributed by atoms with van der Waals surface area (Å²) in [7, 11) is 0. The zero-order valence-corrected chi connectivity index (χ0v) is 9.32. The van der Waals surface area contributed by atoms with Crippen LogP contribution in [0.5, 0.6) is 0 Å². The molecule has 0 saturated carbocycles. The van der Waals surface area contributed by atoms with Crippen molar-refractivity contribution in [1.29, 1.82) is 0 Å². The molecule has 3 heteroatoms. The molecular weight excluding hydrogens is 208 g/mol. The van der Waals surface area contributed by atoms with Crippen LogP contribution in [0.15, 0.2) is 55.3 Å². The van der Waals surface area contributed by atoms with Crippen LogP contribution in [0.4, 0.5) is 0 Å². The maximum atomic E-state index is 5.07. The molecule has 15 heavy (non-hydrogen) atoms. The fraction of sp³-hybridized carbons (Fsp3) is 0.0833. The van der Waals surface area contributed by atoms with Gasteiger partial charge in [-0.05, 0) is 12.1 Å². The number of para-hydroxylation sites is 1. The van der Waals surface area contributed by atoms with E-state index in [9.17, 15) is 0 Å². The molecule has 1 aromatic carbocycles. The van der Waals surface area contributed by atoms with Gasteiger partial charge < -0.3 is 6.15 Å². The largest absolute Gasteiger partial charge is 0.344 e. The lowest BCUT2D eigenvalue weighted by molar-refractivity contribution is 1.41. The number of benzene rings is 1. The van der Waals surface area contributed by atoms with E-state index in [2.05, 4.69) is 23.7 Å². The number of alkyl halides is 1. The fourth-order valence-electron chi connectivity index (χ4n) is 1.02. The molecule has 0 aliphatic heterocycles. The van der Waals surface area contributed by atoms with Gasteiger partial charge in [-0.15, -0.1) is 18.2 Å². The summed E-state index contributed by atoms with van der Waals surface area (Å²) in [6, 6.07) is 12.1. The van der Waals surface area contributed by atoms with Gasteiger partial charge in [-0.25, -0.2) is 0 Å². The van der Waals surface area contributed by atoms with E-state index in [1.165, 1.54) is 5.39 Å². The van der Waals surface area contributed by atoms with Gasteiger partial charge in [0.25, 0.3) is 0 Å². The normalized spacial score (nSPS) is 8.33. The number of fused-ring (bicyclic) bond motifs is 1. The number of halogens is 1. The van der Waals surface area contributed by atoms with Gasteiger partial charge in [-0.1, -0.05) is 30.3 Å². The highest BCUT2D eigenvalue weighted by Gasteiger charge is 1.86. The Labute approximate surface area is 95.2 Å². The lowest BCUT2D eigenvalue weighted by atomic mass is 10.2. The quantitative estimate of drug-likeness (QED) is 0.589. The molecule has 1 heterocycles. The molecule has 1 aromatic heterocycles. The van der Waals surface area contributed by atoms with Gasteiger partial charge in [-0.3, -0.25) is 4.98 Å². The van der Waals surface area contributed by atoms with Crippen LogP contribution in [-0.2, 0) is 0 Å². The molecule has 2 rings (SSSR count). The highest BCUT2D eigenvalue weighted by Crippen LogP contribution is 2.07. The predicted octanol–water partition coefficient (Wildman–Crippen LogP) is 3.81. The highest BCUT2D eigenvalue weighted by molar-refractivity contribution is 6.18. The zero-order valence-electron chi connectivity index (χ0n) is 8.57. The van der Waals surface area contributed by atoms with Gasteiger partial charge in [0.15, 0.2) is 0 Å². The van der Waals surface area contributed by atoms with Crippen molar-refractivity contribution in [3.63, 3.8) is 0 Å². The van der Waals surface area contributed by atoms with Crippen LogP contribution in [0, 0.1) is 0 Å². The van der Waals surface area contributed by atoms with Crippen LogP contribution in [-0.4, -0.2) is 10.9 Å². The Bertz CT molecular complexity index is 336. The first-order chi connectivity index (χ1) is 6.88. The van der Waals surface area contributed by atoms with E-state index in [0.29, 0.717) is 5.88 Å². The van der Waals surface area contributed by atoms with Crippen LogP contribution in [0.3, 0.4) is 0 Å². The van der Waals surface area contributed by atoms with Crippen LogP contribution >= 0.6 is 11.6 Å². The molecule has 0 radical (unpaired) electrons. The lowest BCUT2D eigenvalue weighted by Gasteiger charge is -1.91. The van der Waals surface area contributed by atoms with Crippen molar-refractivity contribution in [3.8, 4) is 0 Å². The molecule has 2 nitrogen and oxygen atoms in total. The summed E-state index contributed by atoms with van der Waals surface area (Å²) in [4.78, 5) is 4.18. The molecule has 0 atom stereocenters. The SMILES string of the molecule is C=CCCl.N.c1ccc2ncccc2c1. The van der Waals surface area contributed by atoms with Crippen molar-refractivity contribution in [2.24, 2.45) is 0 Å². The molecule has 0 fully saturated rings. The topological polar surface area (TPSA) is 47.9 Å². The first-order valence-corrected chi connectivity index (χ1v) is 4.88. The van der Waals surface area contributed by atoms with E-state index >= 15 is 0 Å². The van der Waals surface area contributed by atoms with Gasteiger partial charge in [0.1, 0.15) is 0 Å². The second kappa shape index (κ2) is 7.97. The Morgan fingerprint density at radius 1 is 1.20 bits per heavy atom. The third-order valence-corrected chi connectivity index (χ3v) is 1.84. The van der Waals surface area contributed by atoms with Crippen molar-refractivity contribution in [2.75, 3.05) is 5.88 Å². The number of rotatable bonds is 1. The Morgan fingerprint density at radius 2 is 1.80 bits per heavy atom. The molecule has 0 aliphatic carbocycles. The lowest BCUT2D eigenvalue weighted by Crippen LogP contribution is -1.73. The third kappa shape index (κ3) is 4.58. The van der Waals surface area contributed by atoms with E-state index in [1.807, 2.05) is 30.5 Å². The summed E-state index contributed by atoms with van der Waals surface area (Å²) in [6.07, 6.45) is 3.45. The Morgan fingerprint density at radius 3 is 2.40 bits per heavy atom. The minimum atomic E-state index is 0. The van der Waals surface area contributed by atoms with Crippen LogP contribution in [0.25, 0.3) is 10.9 Å².